The van der Waals surface area contributed by atoms with Crippen LogP contribution in [0.3, 0.4) is 0 Å². The molecule has 20 heavy (non-hydrogen) atoms. The number of halogens is 1. The number of alkyl carbamates (subject to hydrolysis) is 1. The second kappa shape index (κ2) is 7.01. The Morgan fingerprint density at radius 3 is 2.70 bits per heavy atom. The summed E-state index contributed by atoms with van der Waals surface area (Å²) in [7, 11) is 0. The zero-order valence-corrected chi connectivity index (χ0v) is 13.2. The van der Waals surface area contributed by atoms with Gasteiger partial charge < -0.3 is 20.3 Å². The van der Waals surface area contributed by atoms with Gasteiger partial charge in [-0.05, 0) is 42.8 Å². The summed E-state index contributed by atoms with van der Waals surface area (Å²) in [5.41, 5.74) is -0.161. The SMILES string of the molecule is CC(C)(C)OC(=O)NCC(O)C(O)c1cccnc1Br. The van der Waals surface area contributed by atoms with Crippen molar-refractivity contribution in [2.75, 3.05) is 6.54 Å². The second-order valence-electron chi connectivity index (χ2n) is 5.28. The molecule has 0 radical (unpaired) electrons. The van der Waals surface area contributed by atoms with Gasteiger partial charge in [0.05, 0.1) is 0 Å². The van der Waals surface area contributed by atoms with E-state index in [-0.39, 0.29) is 6.54 Å². The maximum atomic E-state index is 11.4. The van der Waals surface area contributed by atoms with Crippen LogP contribution in [-0.2, 0) is 4.74 Å². The van der Waals surface area contributed by atoms with Crippen molar-refractivity contribution in [3.63, 3.8) is 0 Å². The number of hydrogen-bond donors (Lipinski definition) is 3. The Balaban J connectivity index is 2.53. The summed E-state index contributed by atoms with van der Waals surface area (Å²) in [4.78, 5) is 15.4. The molecule has 0 bridgehead atoms. The van der Waals surface area contributed by atoms with E-state index in [4.69, 9.17) is 4.74 Å². The Kier molecular flexibility index (Phi) is 5.91. The summed E-state index contributed by atoms with van der Waals surface area (Å²) < 4.78 is 5.48. The van der Waals surface area contributed by atoms with Crippen LogP contribution < -0.4 is 5.32 Å². The van der Waals surface area contributed by atoms with E-state index in [0.717, 1.165) is 0 Å². The first kappa shape index (κ1) is 16.9. The van der Waals surface area contributed by atoms with E-state index in [1.54, 1.807) is 39.1 Å². The highest BCUT2D eigenvalue weighted by molar-refractivity contribution is 9.10. The molecule has 0 aromatic carbocycles. The number of hydrogen-bond acceptors (Lipinski definition) is 5. The number of ether oxygens (including phenoxy) is 1. The average molecular weight is 347 g/mol. The highest BCUT2D eigenvalue weighted by Crippen LogP contribution is 2.23. The Bertz CT molecular complexity index is 462. The number of pyridine rings is 1. The molecule has 7 heteroatoms. The highest BCUT2D eigenvalue weighted by Gasteiger charge is 2.23. The van der Waals surface area contributed by atoms with Gasteiger partial charge in [0.1, 0.15) is 22.4 Å². The van der Waals surface area contributed by atoms with Crippen molar-refractivity contribution in [3.8, 4) is 0 Å². The van der Waals surface area contributed by atoms with Gasteiger partial charge >= 0.3 is 6.09 Å². The number of aromatic nitrogens is 1. The standard InChI is InChI=1S/C13H19BrN2O4/c1-13(2,3)20-12(19)16-7-9(17)10(18)8-5-4-6-15-11(8)14/h4-6,9-10,17-18H,7H2,1-3H3,(H,16,19). The molecule has 0 aliphatic carbocycles. The smallest absolute Gasteiger partial charge is 0.407 e. The molecule has 1 heterocycles. The van der Waals surface area contributed by atoms with E-state index >= 15 is 0 Å². The fraction of sp³-hybridized carbons (Fsp3) is 0.538. The Labute approximate surface area is 126 Å². The summed E-state index contributed by atoms with van der Waals surface area (Å²) >= 11 is 3.19. The van der Waals surface area contributed by atoms with E-state index in [1.807, 2.05) is 0 Å². The lowest BCUT2D eigenvalue weighted by molar-refractivity contribution is 0.0124. The van der Waals surface area contributed by atoms with Crippen molar-refractivity contribution in [2.45, 2.75) is 38.6 Å². The molecule has 1 aromatic heterocycles. The van der Waals surface area contributed by atoms with E-state index < -0.39 is 23.9 Å². The Morgan fingerprint density at radius 1 is 1.50 bits per heavy atom. The molecule has 1 aromatic rings. The number of aliphatic hydroxyl groups is 2. The van der Waals surface area contributed by atoms with Crippen LogP contribution in [0.1, 0.15) is 32.4 Å². The molecular formula is C13H19BrN2O4. The third kappa shape index (κ3) is 5.44. The molecule has 2 atom stereocenters. The number of amides is 1. The molecule has 3 N–H and O–H groups in total. The molecule has 0 spiro atoms. The van der Waals surface area contributed by atoms with Crippen molar-refractivity contribution in [1.29, 1.82) is 0 Å². The average Bonchev–Trinajstić information content (AvgIpc) is 2.33. The number of rotatable bonds is 4. The van der Waals surface area contributed by atoms with Gasteiger partial charge in [-0.15, -0.1) is 0 Å². The van der Waals surface area contributed by atoms with E-state index in [2.05, 4.69) is 26.2 Å². The lowest BCUT2D eigenvalue weighted by Crippen LogP contribution is -2.38. The second-order valence-corrected chi connectivity index (χ2v) is 6.03. The zero-order chi connectivity index (χ0) is 15.3. The number of nitrogens with one attached hydrogen (secondary N) is 1. The zero-order valence-electron chi connectivity index (χ0n) is 11.6. The predicted molar refractivity (Wildman–Crippen MR) is 77.1 cm³/mol. The quantitative estimate of drug-likeness (QED) is 0.722. The van der Waals surface area contributed by atoms with Gasteiger partial charge in [0.25, 0.3) is 0 Å². The minimum absolute atomic E-state index is 0.128. The van der Waals surface area contributed by atoms with Gasteiger partial charge in [-0.1, -0.05) is 6.07 Å². The Hall–Kier alpha value is -1.18. The topological polar surface area (TPSA) is 91.7 Å². The lowest BCUT2D eigenvalue weighted by atomic mass is 10.1. The molecular weight excluding hydrogens is 328 g/mol. The lowest BCUT2D eigenvalue weighted by Gasteiger charge is -2.22. The van der Waals surface area contributed by atoms with Crippen molar-refractivity contribution in [3.05, 3.63) is 28.5 Å². The maximum Gasteiger partial charge on any atom is 0.407 e. The minimum atomic E-state index is -1.16. The fourth-order valence-corrected chi connectivity index (χ4v) is 1.92. The summed E-state index contributed by atoms with van der Waals surface area (Å²) in [6.45, 7) is 5.09. The van der Waals surface area contributed by atoms with Gasteiger partial charge in [-0.2, -0.15) is 0 Å². The first-order valence-electron chi connectivity index (χ1n) is 6.14. The first-order valence-corrected chi connectivity index (χ1v) is 6.93. The molecule has 1 amide bonds. The first-order chi connectivity index (χ1) is 9.20. The molecule has 6 nitrogen and oxygen atoms in total. The number of nitrogens with zero attached hydrogens (tertiary/aromatic N) is 1. The van der Waals surface area contributed by atoms with Crippen LogP contribution in [0.2, 0.25) is 0 Å². The van der Waals surface area contributed by atoms with Crippen LogP contribution in [0.25, 0.3) is 0 Å². The van der Waals surface area contributed by atoms with E-state index in [0.29, 0.717) is 10.2 Å². The molecule has 0 fully saturated rings. The summed E-state index contributed by atoms with van der Waals surface area (Å²) in [6.07, 6.45) is -1.41. The van der Waals surface area contributed by atoms with Gasteiger partial charge in [0.15, 0.2) is 0 Å². The van der Waals surface area contributed by atoms with Crippen molar-refractivity contribution < 1.29 is 19.7 Å². The van der Waals surface area contributed by atoms with Crippen molar-refractivity contribution in [2.24, 2.45) is 0 Å². The van der Waals surface area contributed by atoms with Gasteiger partial charge in [-0.25, -0.2) is 9.78 Å². The maximum absolute atomic E-state index is 11.4. The van der Waals surface area contributed by atoms with Crippen molar-refractivity contribution in [1.82, 2.24) is 10.3 Å². The molecule has 112 valence electrons. The molecule has 0 aliphatic rings. The molecule has 0 saturated heterocycles. The van der Waals surface area contributed by atoms with E-state index in [1.165, 1.54) is 0 Å². The summed E-state index contributed by atoms with van der Waals surface area (Å²) in [6, 6.07) is 3.29. The normalized spacial score (nSPS) is 14.5. The van der Waals surface area contributed by atoms with Gasteiger partial charge in [0, 0.05) is 18.3 Å². The molecule has 0 saturated carbocycles. The van der Waals surface area contributed by atoms with Crippen LogP contribution in [-0.4, -0.2) is 39.5 Å². The highest BCUT2D eigenvalue weighted by atomic mass is 79.9. The predicted octanol–water partition coefficient (Wildman–Crippen LogP) is 1.76. The summed E-state index contributed by atoms with van der Waals surface area (Å²) in [5, 5.41) is 22.3. The molecule has 2 unspecified atom stereocenters. The molecule has 0 aliphatic heterocycles. The van der Waals surface area contributed by atoms with Crippen LogP contribution in [0, 0.1) is 0 Å². The van der Waals surface area contributed by atoms with Crippen LogP contribution >= 0.6 is 15.9 Å². The fourth-order valence-electron chi connectivity index (χ4n) is 1.44. The number of carbonyl (C=O) groups excluding carboxylic acids is 1. The number of aliphatic hydroxyl groups excluding tert-OH is 2. The van der Waals surface area contributed by atoms with Crippen LogP contribution in [0.4, 0.5) is 4.79 Å². The van der Waals surface area contributed by atoms with Crippen LogP contribution in [0.15, 0.2) is 22.9 Å². The van der Waals surface area contributed by atoms with Gasteiger partial charge in [0.2, 0.25) is 0 Å². The monoisotopic (exact) mass is 346 g/mol. The third-order valence-electron chi connectivity index (χ3n) is 2.33. The molecule has 1 rings (SSSR count). The number of carbonyl (C=O) groups is 1. The van der Waals surface area contributed by atoms with E-state index in [9.17, 15) is 15.0 Å². The van der Waals surface area contributed by atoms with Crippen LogP contribution in [0.5, 0.6) is 0 Å². The summed E-state index contributed by atoms with van der Waals surface area (Å²) in [5.74, 6) is 0. The largest absolute Gasteiger partial charge is 0.444 e. The van der Waals surface area contributed by atoms with Gasteiger partial charge in [-0.3, -0.25) is 0 Å². The van der Waals surface area contributed by atoms with Crippen molar-refractivity contribution >= 4 is 22.0 Å². The minimum Gasteiger partial charge on any atom is -0.444 e. The Morgan fingerprint density at radius 2 is 2.15 bits per heavy atom. The third-order valence-corrected chi connectivity index (χ3v) is 2.99.